The fourth-order valence-electron chi connectivity index (χ4n) is 4.04. The van der Waals surface area contributed by atoms with E-state index in [9.17, 15) is 0 Å². The summed E-state index contributed by atoms with van der Waals surface area (Å²) in [6, 6.07) is 4.06. The predicted molar refractivity (Wildman–Crippen MR) is 93.1 cm³/mol. The van der Waals surface area contributed by atoms with E-state index >= 15 is 0 Å². The quantitative estimate of drug-likeness (QED) is 0.567. The largest absolute Gasteiger partial charge is 0.481 e. The first-order valence-corrected chi connectivity index (χ1v) is 8.78. The van der Waals surface area contributed by atoms with Crippen LogP contribution in [-0.4, -0.2) is 56.0 Å². The van der Waals surface area contributed by atoms with Crippen LogP contribution in [0.1, 0.15) is 24.8 Å². The van der Waals surface area contributed by atoms with E-state index in [-0.39, 0.29) is 5.41 Å². The lowest BCUT2D eigenvalue weighted by atomic mass is 9.73. The van der Waals surface area contributed by atoms with E-state index in [1.54, 1.807) is 13.3 Å². The van der Waals surface area contributed by atoms with E-state index < -0.39 is 0 Å². The third-order valence-corrected chi connectivity index (χ3v) is 5.13. The van der Waals surface area contributed by atoms with Crippen molar-refractivity contribution in [1.82, 2.24) is 9.88 Å². The molecule has 2 saturated heterocycles. The maximum absolute atomic E-state index is 6.09. The van der Waals surface area contributed by atoms with Crippen LogP contribution in [0.5, 0.6) is 5.88 Å². The van der Waals surface area contributed by atoms with Crippen LogP contribution >= 0.6 is 0 Å². The van der Waals surface area contributed by atoms with E-state index in [0.29, 0.717) is 12.7 Å². The maximum atomic E-state index is 6.09. The van der Waals surface area contributed by atoms with Gasteiger partial charge < -0.3 is 14.2 Å². The third kappa shape index (κ3) is 3.79. The first-order chi connectivity index (χ1) is 11.8. The number of hydrogen-bond acceptors (Lipinski definition) is 5. The number of piperidine rings is 1. The number of rotatable bonds is 7. The molecule has 0 aromatic carbocycles. The van der Waals surface area contributed by atoms with Gasteiger partial charge in [0.25, 0.3) is 0 Å². The van der Waals surface area contributed by atoms with Crippen molar-refractivity contribution in [1.29, 1.82) is 0 Å². The summed E-state index contributed by atoms with van der Waals surface area (Å²) in [5.41, 5.74) is 1.23. The van der Waals surface area contributed by atoms with Crippen molar-refractivity contribution in [2.45, 2.75) is 31.9 Å². The maximum Gasteiger partial charge on any atom is 0.217 e. The molecule has 2 atom stereocenters. The van der Waals surface area contributed by atoms with Crippen LogP contribution in [0.4, 0.5) is 0 Å². The Balaban J connectivity index is 1.71. The monoisotopic (exact) mass is 332 g/mol. The Hall–Kier alpha value is -1.43. The molecule has 0 aliphatic carbocycles. The first kappa shape index (κ1) is 17.4. The molecule has 3 rings (SSSR count). The predicted octanol–water partition coefficient (Wildman–Crippen LogP) is 2.66. The SMILES string of the molecule is C=CCOC[C@@]12CCCO[C@@H]1CCN(Cc1cccnc1OC)C2. The molecule has 1 aromatic rings. The molecule has 1 aromatic heterocycles. The molecule has 0 amide bonds. The Morgan fingerprint density at radius 1 is 1.54 bits per heavy atom. The molecular formula is C19H28N2O3. The zero-order valence-corrected chi connectivity index (χ0v) is 14.6. The Labute approximate surface area is 144 Å². The fraction of sp³-hybridized carbons (Fsp3) is 0.632. The van der Waals surface area contributed by atoms with Crippen molar-refractivity contribution in [3.8, 4) is 5.88 Å². The Kier molecular flexibility index (Phi) is 5.87. The summed E-state index contributed by atoms with van der Waals surface area (Å²) in [5, 5.41) is 0. The second-order valence-corrected chi connectivity index (χ2v) is 6.80. The minimum Gasteiger partial charge on any atom is -0.481 e. The molecule has 0 bridgehead atoms. The van der Waals surface area contributed by atoms with Gasteiger partial charge in [0.15, 0.2) is 0 Å². The number of nitrogens with zero attached hydrogens (tertiary/aromatic N) is 2. The van der Waals surface area contributed by atoms with Gasteiger partial charge in [-0.1, -0.05) is 12.1 Å². The topological polar surface area (TPSA) is 43.8 Å². The summed E-state index contributed by atoms with van der Waals surface area (Å²) >= 11 is 0. The number of likely N-dealkylation sites (tertiary alicyclic amines) is 1. The molecular weight excluding hydrogens is 304 g/mol. The van der Waals surface area contributed by atoms with Crippen molar-refractivity contribution in [3.05, 3.63) is 36.5 Å². The number of hydrogen-bond donors (Lipinski definition) is 0. The van der Waals surface area contributed by atoms with E-state index in [4.69, 9.17) is 14.2 Å². The Bertz CT molecular complexity index is 551. The van der Waals surface area contributed by atoms with Crippen molar-refractivity contribution in [2.24, 2.45) is 5.41 Å². The van der Waals surface area contributed by atoms with Gasteiger partial charge in [0.05, 0.1) is 26.4 Å². The summed E-state index contributed by atoms with van der Waals surface area (Å²) in [4.78, 5) is 6.80. The second kappa shape index (κ2) is 8.10. The molecule has 0 radical (unpaired) electrons. The molecule has 0 N–H and O–H groups in total. The molecule has 3 heterocycles. The van der Waals surface area contributed by atoms with Gasteiger partial charge in [-0.25, -0.2) is 4.98 Å². The van der Waals surface area contributed by atoms with E-state index in [1.165, 1.54) is 0 Å². The van der Waals surface area contributed by atoms with Crippen LogP contribution in [0.3, 0.4) is 0 Å². The number of fused-ring (bicyclic) bond motifs is 1. The van der Waals surface area contributed by atoms with Gasteiger partial charge in [-0.15, -0.1) is 6.58 Å². The van der Waals surface area contributed by atoms with Crippen molar-refractivity contribution in [3.63, 3.8) is 0 Å². The van der Waals surface area contributed by atoms with Crippen LogP contribution < -0.4 is 4.74 Å². The van der Waals surface area contributed by atoms with Crippen molar-refractivity contribution in [2.75, 3.05) is 40.0 Å². The van der Waals surface area contributed by atoms with Gasteiger partial charge >= 0.3 is 0 Å². The molecule has 24 heavy (non-hydrogen) atoms. The third-order valence-electron chi connectivity index (χ3n) is 5.13. The second-order valence-electron chi connectivity index (χ2n) is 6.80. The molecule has 5 nitrogen and oxygen atoms in total. The van der Waals surface area contributed by atoms with Gasteiger partial charge in [-0.3, -0.25) is 4.90 Å². The van der Waals surface area contributed by atoms with Gasteiger partial charge in [-0.2, -0.15) is 0 Å². The van der Waals surface area contributed by atoms with Crippen LogP contribution in [0.25, 0.3) is 0 Å². The molecule has 0 unspecified atom stereocenters. The van der Waals surface area contributed by atoms with E-state index in [2.05, 4.69) is 22.5 Å². The van der Waals surface area contributed by atoms with Crippen molar-refractivity contribution < 1.29 is 14.2 Å². The smallest absolute Gasteiger partial charge is 0.217 e. The highest BCUT2D eigenvalue weighted by Gasteiger charge is 2.46. The summed E-state index contributed by atoms with van der Waals surface area (Å²) in [7, 11) is 1.68. The summed E-state index contributed by atoms with van der Waals surface area (Å²) < 4.78 is 17.4. The Morgan fingerprint density at radius 3 is 3.29 bits per heavy atom. The number of ether oxygens (including phenoxy) is 3. The Morgan fingerprint density at radius 2 is 2.46 bits per heavy atom. The van der Waals surface area contributed by atoms with Gasteiger partial charge in [0, 0.05) is 43.4 Å². The van der Waals surface area contributed by atoms with Gasteiger partial charge in [0.1, 0.15) is 0 Å². The molecule has 0 saturated carbocycles. The molecule has 0 spiro atoms. The zero-order chi connectivity index (χ0) is 16.8. The molecule has 2 aliphatic heterocycles. The lowest BCUT2D eigenvalue weighted by Gasteiger charge is -2.50. The zero-order valence-electron chi connectivity index (χ0n) is 14.6. The number of aromatic nitrogens is 1. The standard InChI is InChI=1S/C19H28N2O3/c1-3-11-23-15-19-8-5-12-24-17(19)7-10-21(14-19)13-16-6-4-9-20-18(16)22-2/h3-4,6,9,17H,1,5,7-8,10-15H2,2H3/t17-,19+/m1/s1. The number of methoxy groups -OCH3 is 1. The van der Waals surface area contributed by atoms with Crippen LogP contribution in [-0.2, 0) is 16.0 Å². The molecule has 2 aliphatic rings. The highest BCUT2D eigenvalue weighted by Crippen LogP contribution is 2.41. The van der Waals surface area contributed by atoms with Crippen LogP contribution in [0.2, 0.25) is 0 Å². The molecule has 2 fully saturated rings. The summed E-state index contributed by atoms with van der Waals surface area (Å²) in [6.45, 7) is 8.85. The lowest BCUT2D eigenvalue weighted by Crippen LogP contribution is -2.56. The summed E-state index contributed by atoms with van der Waals surface area (Å²) in [6.07, 6.45) is 7.22. The van der Waals surface area contributed by atoms with Crippen LogP contribution in [0.15, 0.2) is 31.0 Å². The highest BCUT2D eigenvalue weighted by atomic mass is 16.5. The highest BCUT2D eigenvalue weighted by molar-refractivity contribution is 5.25. The van der Waals surface area contributed by atoms with E-state index in [0.717, 1.165) is 63.6 Å². The van der Waals surface area contributed by atoms with Gasteiger partial charge in [0.2, 0.25) is 5.88 Å². The average Bonchev–Trinajstić information content (AvgIpc) is 2.62. The minimum atomic E-state index is 0.0922. The molecule has 5 heteroatoms. The lowest BCUT2D eigenvalue weighted by molar-refractivity contribution is -0.152. The van der Waals surface area contributed by atoms with Crippen LogP contribution in [0, 0.1) is 5.41 Å². The molecule has 132 valence electrons. The first-order valence-electron chi connectivity index (χ1n) is 8.78. The average molecular weight is 332 g/mol. The summed E-state index contributed by atoms with van der Waals surface area (Å²) in [5.74, 6) is 0.719. The fourth-order valence-corrected chi connectivity index (χ4v) is 4.04. The van der Waals surface area contributed by atoms with Crippen molar-refractivity contribution >= 4 is 0 Å². The van der Waals surface area contributed by atoms with Gasteiger partial charge in [-0.05, 0) is 25.3 Å². The minimum absolute atomic E-state index is 0.0922. The number of pyridine rings is 1. The normalized spacial score (nSPS) is 27.5. The van der Waals surface area contributed by atoms with E-state index in [1.807, 2.05) is 12.1 Å².